The highest BCUT2D eigenvalue weighted by Crippen LogP contribution is 2.05. The Morgan fingerprint density at radius 3 is 2.32 bits per heavy atom. The van der Waals surface area contributed by atoms with Crippen LogP contribution in [0, 0.1) is 0 Å². The first kappa shape index (κ1) is 17.1. The third-order valence-electron chi connectivity index (χ3n) is 2.72. The summed E-state index contributed by atoms with van der Waals surface area (Å²) >= 11 is 0. The Hall–Kier alpha value is -2.96. The highest BCUT2D eigenvalue weighted by Gasteiger charge is 2.28. The molecule has 0 atom stereocenters. The van der Waals surface area contributed by atoms with Crippen LogP contribution in [0.25, 0.3) is 6.08 Å². The minimum absolute atomic E-state index is 0.140. The average molecular weight is 303 g/mol. The Balaban J connectivity index is 2.92. The summed E-state index contributed by atoms with van der Waals surface area (Å²) in [6.07, 6.45) is 2.49. The number of nitrogens with zero attached hydrogens (tertiary/aromatic N) is 2. The predicted octanol–water partition coefficient (Wildman–Crippen LogP) is 1.76. The number of urea groups is 1. The molecule has 0 fully saturated rings. The number of carbonyl (C=O) groups excluding carboxylic acids is 3. The van der Waals surface area contributed by atoms with Crippen LogP contribution in [0.1, 0.15) is 12.5 Å². The van der Waals surface area contributed by atoms with Crippen LogP contribution in [0.3, 0.4) is 0 Å². The van der Waals surface area contributed by atoms with Gasteiger partial charge in [0.1, 0.15) is 0 Å². The largest absolute Gasteiger partial charge is 0.465 e. The fourth-order valence-electron chi connectivity index (χ4n) is 1.62. The SMILES string of the molecule is CCN(C(=O)O)C(=O)N(C[C]=O)C(=O)C=Cc1ccccc1. The minimum Gasteiger partial charge on any atom is -0.465 e. The molecular weight excluding hydrogens is 288 g/mol. The number of benzene rings is 1. The summed E-state index contributed by atoms with van der Waals surface area (Å²) in [5.74, 6) is -0.795. The van der Waals surface area contributed by atoms with Crippen LogP contribution in [-0.4, -0.2) is 52.3 Å². The molecule has 7 heteroatoms. The predicted molar refractivity (Wildman–Crippen MR) is 78.7 cm³/mol. The van der Waals surface area contributed by atoms with Crippen LogP contribution < -0.4 is 0 Å². The van der Waals surface area contributed by atoms with E-state index in [0.717, 1.165) is 11.6 Å². The molecular formula is C15H15N2O5. The van der Waals surface area contributed by atoms with Crippen LogP contribution in [0.2, 0.25) is 0 Å². The van der Waals surface area contributed by atoms with Crippen molar-refractivity contribution in [2.45, 2.75) is 6.92 Å². The molecule has 0 spiro atoms. The molecule has 1 rings (SSSR count). The van der Waals surface area contributed by atoms with Gasteiger partial charge in [0, 0.05) is 12.6 Å². The van der Waals surface area contributed by atoms with E-state index in [4.69, 9.17) is 5.11 Å². The van der Waals surface area contributed by atoms with E-state index in [-0.39, 0.29) is 6.54 Å². The van der Waals surface area contributed by atoms with E-state index in [1.807, 2.05) is 6.07 Å². The summed E-state index contributed by atoms with van der Waals surface area (Å²) in [6.45, 7) is 0.666. The second-order valence-electron chi connectivity index (χ2n) is 4.12. The maximum Gasteiger partial charge on any atom is 0.415 e. The minimum atomic E-state index is -1.50. The van der Waals surface area contributed by atoms with Gasteiger partial charge in [0.2, 0.25) is 6.29 Å². The van der Waals surface area contributed by atoms with Gasteiger partial charge in [-0.25, -0.2) is 14.5 Å². The first-order valence-electron chi connectivity index (χ1n) is 6.45. The van der Waals surface area contributed by atoms with E-state index in [2.05, 4.69) is 0 Å². The molecule has 4 amide bonds. The highest BCUT2D eigenvalue weighted by molar-refractivity contribution is 6.06. The van der Waals surface area contributed by atoms with Crippen molar-refractivity contribution in [2.75, 3.05) is 13.1 Å². The number of hydrogen-bond acceptors (Lipinski definition) is 4. The Morgan fingerprint density at radius 2 is 1.82 bits per heavy atom. The summed E-state index contributed by atoms with van der Waals surface area (Å²) in [6, 6.07) is 7.77. The summed E-state index contributed by atoms with van der Waals surface area (Å²) in [7, 11) is 0. The number of amides is 4. The first-order chi connectivity index (χ1) is 10.5. The lowest BCUT2D eigenvalue weighted by Crippen LogP contribution is -2.48. The van der Waals surface area contributed by atoms with E-state index in [1.165, 1.54) is 19.3 Å². The zero-order valence-corrected chi connectivity index (χ0v) is 11.9. The molecule has 0 saturated heterocycles. The fraction of sp³-hybridized carbons (Fsp3) is 0.200. The van der Waals surface area contributed by atoms with Crippen molar-refractivity contribution >= 4 is 30.4 Å². The molecule has 1 N–H and O–H groups in total. The van der Waals surface area contributed by atoms with Gasteiger partial charge in [-0.15, -0.1) is 0 Å². The lowest BCUT2D eigenvalue weighted by atomic mass is 10.2. The summed E-state index contributed by atoms with van der Waals surface area (Å²) in [5, 5.41) is 8.90. The molecule has 0 saturated carbocycles. The van der Waals surface area contributed by atoms with E-state index in [0.29, 0.717) is 9.80 Å². The van der Waals surface area contributed by atoms with Crippen LogP contribution in [-0.2, 0) is 9.59 Å². The van der Waals surface area contributed by atoms with Gasteiger partial charge < -0.3 is 5.11 Å². The second kappa shape index (κ2) is 8.35. The molecule has 115 valence electrons. The van der Waals surface area contributed by atoms with Crippen molar-refractivity contribution in [3.63, 3.8) is 0 Å². The molecule has 0 aliphatic rings. The van der Waals surface area contributed by atoms with E-state index in [9.17, 15) is 19.2 Å². The number of rotatable bonds is 5. The molecule has 0 heterocycles. The van der Waals surface area contributed by atoms with Gasteiger partial charge >= 0.3 is 12.1 Å². The molecule has 0 bridgehead atoms. The Morgan fingerprint density at radius 1 is 1.18 bits per heavy atom. The molecule has 0 aliphatic carbocycles. The Labute approximate surface area is 127 Å². The van der Waals surface area contributed by atoms with Crippen LogP contribution in [0.15, 0.2) is 36.4 Å². The van der Waals surface area contributed by atoms with Crippen molar-refractivity contribution in [1.29, 1.82) is 0 Å². The molecule has 7 nitrogen and oxygen atoms in total. The third kappa shape index (κ3) is 4.55. The van der Waals surface area contributed by atoms with Gasteiger partial charge in [0.25, 0.3) is 5.91 Å². The van der Waals surface area contributed by atoms with Gasteiger partial charge in [-0.2, -0.15) is 0 Å². The van der Waals surface area contributed by atoms with Crippen LogP contribution in [0.4, 0.5) is 9.59 Å². The standard InChI is InChI=1S/C15H15N2O5/c1-2-16(15(21)22)14(20)17(10-11-18)13(19)9-8-12-6-4-3-5-7-12/h3-9H,2,10H2,1H3,(H,21,22). The van der Waals surface area contributed by atoms with Gasteiger partial charge in [-0.05, 0) is 18.6 Å². The molecule has 1 aromatic rings. The topological polar surface area (TPSA) is 95.0 Å². The Kier molecular flexibility index (Phi) is 6.49. The fourth-order valence-corrected chi connectivity index (χ4v) is 1.62. The summed E-state index contributed by atoms with van der Waals surface area (Å²) in [4.78, 5) is 46.4. The first-order valence-corrected chi connectivity index (χ1v) is 6.45. The lowest BCUT2D eigenvalue weighted by molar-refractivity contribution is -0.123. The van der Waals surface area contributed by atoms with Gasteiger partial charge in [0.15, 0.2) is 0 Å². The van der Waals surface area contributed by atoms with Crippen LogP contribution in [0.5, 0.6) is 0 Å². The van der Waals surface area contributed by atoms with Gasteiger partial charge in [0.05, 0.1) is 6.54 Å². The van der Waals surface area contributed by atoms with Crippen molar-refractivity contribution in [1.82, 2.24) is 9.80 Å². The number of carboxylic acid groups (broad SMARTS) is 1. The van der Waals surface area contributed by atoms with E-state index in [1.54, 1.807) is 24.3 Å². The summed E-state index contributed by atoms with van der Waals surface area (Å²) < 4.78 is 0. The van der Waals surface area contributed by atoms with E-state index < -0.39 is 24.6 Å². The van der Waals surface area contributed by atoms with Gasteiger partial charge in [-0.3, -0.25) is 14.5 Å². The highest BCUT2D eigenvalue weighted by atomic mass is 16.4. The lowest BCUT2D eigenvalue weighted by Gasteiger charge is -2.22. The Bertz CT molecular complexity index is 583. The number of imide groups is 2. The second-order valence-corrected chi connectivity index (χ2v) is 4.12. The van der Waals surface area contributed by atoms with Crippen molar-refractivity contribution < 1.29 is 24.3 Å². The molecule has 0 aromatic heterocycles. The van der Waals surface area contributed by atoms with E-state index >= 15 is 0 Å². The molecule has 22 heavy (non-hydrogen) atoms. The third-order valence-corrected chi connectivity index (χ3v) is 2.72. The number of carbonyl (C=O) groups is 3. The average Bonchev–Trinajstić information content (AvgIpc) is 2.51. The molecule has 0 aliphatic heterocycles. The quantitative estimate of drug-likeness (QED) is 0.836. The maximum absolute atomic E-state index is 12.0. The smallest absolute Gasteiger partial charge is 0.415 e. The zero-order valence-electron chi connectivity index (χ0n) is 11.9. The normalized spacial score (nSPS) is 10.2. The summed E-state index contributed by atoms with van der Waals surface area (Å²) in [5.41, 5.74) is 0.726. The molecule has 1 radical (unpaired) electrons. The van der Waals surface area contributed by atoms with Crippen molar-refractivity contribution in [2.24, 2.45) is 0 Å². The number of hydrogen-bond donors (Lipinski definition) is 1. The monoisotopic (exact) mass is 303 g/mol. The maximum atomic E-state index is 12.0. The zero-order chi connectivity index (χ0) is 16.5. The van der Waals surface area contributed by atoms with Crippen LogP contribution >= 0.6 is 0 Å². The van der Waals surface area contributed by atoms with Crippen molar-refractivity contribution in [3.05, 3.63) is 42.0 Å². The molecule has 1 aromatic carbocycles. The van der Waals surface area contributed by atoms with Crippen molar-refractivity contribution in [3.8, 4) is 0 Å². The molecule has 0 unspecified atom stereocenters. The van der Waals surface area contributed by atoms with Gasteiger partial charge in [-0.1, -0.05) is 30.3 Å².